The van der Waals surface area contributed by atoms with E-state index in [1.807, 2.05) is 18.4 Å². The molecule has 0 unspecified atom stereocenters. The van der Waals surface area contributed by atoms with Gasteiger partial charge in [-0.3, -0.25) is 14.3 Å². The summed E-state index contributed by atoms with van der Waals surface area (Å²) < 4.78 is 1.15. The van der Waals surface area contributed by atoms with Crippen LogP contribution in [-0.4, -0.2) is 9.55 Å². The summed E-state index contributed by atoms with van der Waals surface area (Å²) in [6, 6.07) is 3.22. The van der Waals surface area contributed by atoms with Gasteiger partial charge in [0.25, 0.3) is 5.56 Å². The van der Waals surface area contributed by atoms with Crippen LogP contribution in [-0.2, 0) is 13.0 Å². The van der Waals surface area contributed by atoms with Crippen LogP contribution in [0.4, 0.5) is 0 Å². The van der Waals surface area contributed by atoms with Gasteiger partial charge in [-0.15, -0.1) is 11.3 Å². The van der Waals surface area contributed by atoms with Crippen LogP contribution in [0.25, 0.3) is 0 Å². The first-order chi connectivity index (χ1) is 8.11. The minimum absolute atomic E-state index is 0.0677. The van der Waals surface area contributed by atoms with Crippen molar-refractivity contribution in [2.75, 3.05) is 0 Å². The predicted octanol–water partition coefficient (Wildman–Crippen LogP) is 1.86. The van der Waals surface area contributed by atoms with Crippen molar-refractivity contribution >= 4 is 22.9 Å². The Morgan fingerprint density at radius 1 is 1.47 bits per heavy atom. The smallest absolute Gasteiger partial charge is 0.298 e. The highest BCUT2D eigenvalue weighted by atomic mass is 35.5. The lowest BCUT2D eigenvalue weighted by molar-refractivity contribution is 0.702. The fraction of sp³-hybridized carbons (Fsp3) is 0.273. The van der Waals surface area contributed by atoms with Crippen LogP contribution in [0.1, 0.15) is 17.4 Å². The van der Waals surface area contributed by atoms with Crippen molar-refractivity contribution < 1.29 is 0 Å². The van der Waals surface area contributed by atoms with Gasteiger partial charge in [0.15, 0.2) is 0 Å². The Balaban J connectivity index is 2.44. The number of halogens is 1. The van der Waals surface area contributed by atoms with E-state index in [4.69, 9.17) is 11.6 Å². The zero-order chi connectivity index (χ0) is 12.4. The van der Waals surface area contributed by atoms with Gasteiger partial charge >= 0.3 is 5.69 Å². The van der Waals surface area contributed by atoms with Crippen LogP contribution in [0.5, 0.6) is 0 Å². The molecular weight excluding hydrogens is 260 g/mol. The molecule has 0 fully saturated rings. The molecule has 0 spiro atoms. The van der Waals surface area contributed by atoms with E-state index in [0.717, 1.165) is 21.4 Å². The van der Waals surface area contributed by atoms with Gasteiger partial charge in [-0.2, -0.15) is 0 Å². The summed E-state index contributed by atoms with van der Waals surface area (Å²) in [5.41, 5.74) is 0.309. The van der Waals surface area contributed by atoms with Crippen LogP contribution in [0.3, 0.4) is 0 Å². The SMILES string of the molecule is CCc1ccsc1Cn1c(=O)cc(Cl)[nH]c1=O. The van der Waals surface area contributed by atoms with Crippen LogP contribution in [0, 0.1) is 0 Å². The van der Waals surface area contributed by atoms with Crippen LogP contribution < -0.4 is 11.2 Å². The zero-order valence-corrected chi connectivity index (χ0v) is 10.8. The van der Waals surface area contributed by atoms with Gasteiger partial charge in [-0.1, -0.05) is 18.5 Å². The van der Waals surface area contributed by atoms with Crippen molar-refractivity contribution in [1.82, 2.24) is 9.55 Å². The molecule has 2 aromatic heterocycles. The largest absolute Gasteiger partial charge is 0.329 e. The molecule has 2 heterocycles. The highest BCUT2D eigenvalue weighted by Crippen LogP contribution is 2.17. The van der Waals surface area contributed by atoms with Gasteiger partial charge in [0.2, 0.25) is 0 Å². The van der Waals surface area contributed by atoms with E-state index in [9.17, 15) is 9.59 Å². The Labute approximate surface area is 106 Å². The minimum atomic E-state index is -0.474. The lowest BCUT2D eigenvalue weighted by Gasteiger charge is -2.04. The van der Waals surface area contributed by atoms with Crippen molar-refractivity contribution in [3.05, 3.63) is 53.9 Å². The summed E-state index contributed by atoms with van der Waals surface area (Å²) in [7, 11) is 0. The fourth-order valence-electron chi connectivity index (χ4n) is 1.61. The molecule has 4 nitrogen and oxygen atoms in total. The molecule has 0 amide bonds. The van der Waals surface area contributed by atoms with Crippen molar-refractivity contribution in [2.24, 2.45) is 0 Å². The number of nitrogens with zero attached hydrogens (tertiary/aromatic N) is 1. The lowest BCUT2D eigenvalue weighted by Crippen LogP contribution is -2.34. The normalized spacial score (nSPS) is 10.7. The summed E-state index contributed by atoms with van der Waals surface area (Å²) in [5, 5.41) is 2.03. The number of nitrogens with one attached hydrogen (secondary N) is 1. The molecule has 0 aliphatic rings. The number of aryl methyl sites for hydroxylation is 1. The molecule has 0 radical (unpaired) electrons. The molecule has 6 heteroatoms. The second-order valence-electron chi connectivity index (χ2n) is 3.57. The monoisotopic (exact) mass is 270 g/mol. The van der Waals surface area contributed by atoms with E-state index in [0.29, 0.717) is 6.54 Å². The number of rotatable bonds is 3. The first kappa shape index (κ1) is 12.1. The molecule has 1 N–H and O–H groups in total. The molecule has 2 aromatic rings. The first-order valence-electron chi connectivity index (χ1n) is 5.16. The number of hydrogen-bond acceptors (Lipinski definition) is 3. The molecule has 0 saturated carbocycles. The maximum Gasteiger partial charge on any atom is 0.329 e. The quantitative estimate of drug-likeness (QED) is 0.866. The second kappa shape index (κ2) is 4.89. The maximum atomic E-state index is 11.6. The van der Waals surface area contributed by atoms with Crippen LogP contribution in [0.15, 0.2) is 27.1 Å². The molecule has 0 saturated heterocycles. The highest BCUT2D eigenvalue weighted by molar-refractivity contribution is 7.10. The van der Waals surface area contributed by atoms with Crippen LogP contribution in [0.2, 0.25) is 5.15 Å². The first-order valence-corrected chi connectivity index (χ1v) is 6.42. The van der Waals surface area contributed by atoms with Gasteiger partial charge < -0.3 is 0 Å². The fourth-order valence-corrected chi connectivity index (χ4v) is 2.74. The number of H-pyrrole nitrogens is 1. The maximum absolute atomic E-state index is 11.6. The second-order valence-corrected chi connectivity index (χ2v) is 4.98. The van der Waals surface area contributed by atoms with Gasteiger partial charge in [-0.05, 0) is 23.4 Å². The van der Waals surface area contributed by atoms with Gasteiger partial charge in [-0.25, -0.2) is 4.79 Å². The molecular formula is C11H11ClN2O2S. The van der Waals surface area contributed by atoms with E-state index in [2.05, 4.69) is 4.98 Å². The summed E-state index contributed by atoms with van der Waals surface area (Å²) >= 11 is 7.14. The molecule has 17 heavy (non-hydrogen) atoms. The van der Waals surface area contributed by atoms with Crippen molar-refractivity contribution in [3.63, 3.8) is 0 Å². The standard InChI is InChI=1S/C11H11ClN2O2S/c1-2-7-3-4-17-8(7)6-14-10(15)5-9(12)13-11(14)16/h3-5H,2,6H2,1H3,(H,13,16). The molecule has 90 valence electrons. The Morgan fingerprint density at radius 3 is 2.88 bits per heavy atom. The van der Waals surface area contributed by atoms with E-state index in [1.54, 1.807) is 11.3 Å². The van der Waals surface area contributed by atoms with Crippen molar-refractivity contribution in [2.45, 2.75) is 19.9 Å². The molecule has 0 aromatic carbocycles. The molecule has 0 aliphatic carbocycles. The van der Waals surface area contributed by atoms with Gasteiger partial charge in [0.1, 0.15) is 5.15 Å². The zero-order valence-electron chi connectivity index (χ0n) is 9.20. The van der Waals surface area contributed by atoms with Crippen LogP contribution >= 0.6 is 22.9 Å². The lowest BCUT2D eigenvalue weighted by atomic mass is 10.2. The average Bonchev–Trinajstić information content (AvgIpc) is 2.70. The minimum Gasteiger partial charge on any atom is -0.298 e. The predicted molar refractivity (Wildman–Crippen MR) is 69.1 cm³/mol. The van der Waals surface area contributed by atoms with Crippen molar-refractivity contribution in [1.29, 1.82) is 0 Å². The number of hydrogen-bond donors (Lipinski definition) is 1. The summed E-state index contributed by atoms with van der Waals surface area (Å²) in [6.07, 6.45) is 0.888. The Hall–Kier alpha value is -1.33. The number of aromatic amines is 1. The molecule has 2 rings (SSSR count). The summed E-state index contributed by atoms with van der Waals surface area (Å²) in [6.45, 7) is 2.34. The Bertz CT molecular complexity index is 610. The van der Waals surface area contributed by atoms with Gasteiger partial charge in [0, 0.05) is 10.9 Å². The van der Waals surface area contributed by atoms with Gasteiger partial charge in [0.05, 0.1) is 6.54 Å². The molecule has 0 bridgehead atoms. The third-order valence-corrected chi connectivity index (χ3v) is 3.66. The highest BCUT2D eigenvalue weighted by Gasteiger charge is 2.08. The van der Waals surface area contributed by atoms with Crippen molar-refractivity contribution in [3.8, 4) is 0 Å². The average molecular weight is 271 g/mol. The third kappa shape index (κ3) is 2.50. The topological polar surface area (TPSA) is 54.9 Å². The molecule has 0 atom stereocenters. The Morgan fingerprint density at radius 2 is 2.24 bits per heavy atom. The van der Waals surface area contributed by atoms with E-state index >= 15 is 0 Å². The Kier molecular flexibility index (Phi) is 3.49. The summed E-state index contributed by atoms with van der Waals surface area (Å²) in [4.78, 5) is 26.7. The van der Waals surface area contributed by atoms with E-state index in [-0.39, 0.29) is 10.7 Å². The third-order valence-electron chi connectivity index (χ3n) is 2.51. The molecule has 0 aliphatic heterocycles. The summed E-state index contributed by atoms with van der Waals surface area (Å²) in [5.74, 6) is 0. The number of aromatic nitrogens is 2. The van der Waals surface area contributed by atoms with E-state index < -0.39 is 5.69 Å². The number of thiophene rings is 1. The van der Waals surface area contributed by atoms with E-state index in [1.165, 1.54) is 6.07 Å².